The first-order chi connectivity index (χ1) is 3.98. The number of hydrogen-bond acceptors (Lipinski definition) is 2. The van der Waals surface area contributed by atoms with Gasteiger partial charge in [0, 0.05) is 6.08 Å². The molecular formula is C4H3Cl3O2. The number of allylic oxidation sites excluding steroid dienone is 1. The summed E-state index contributed by atoms with van der Waals surface area (Å²) in [4.78, 5) is 10.4. The molecule has 0 saturated carbocycles. The fourth-order valence-electron chi connectivity index (χ4n) is 0.162. The molecule has 0 aliphatic carbocycles. The molecule has 0 aromatic rings. The highest BCUT2D eigenvalue weighted by Gasteiger charge is 2.27. The van der Waals surface area contributed by atoms with Gasteiger partial charge in [0.15, 0.2) is 0 Å². The van der Waals surface area contributed by atoms with Crippen LogP contribution >= 0.6 is 34.8 Å². The molecule has 0 aliphatic rings. The number of hydrogen-bond donors (Lipinski definition) is 1. The zero-order valence-corrected chi connectivity index (χ0v) is 6.41. The molecule has 0 radical (unpaired) electrons. The van der Waals surface area contributed by atoms with Gasteiger partial charge in [-0.15, -0.1) is 0 Å². The molecule has 0 amide bonds. The molecule has 0 spiro atoms. The van der Waals surface area contributed by atoms with Gasteiger partial charge in [-0.25, -0.2) is 0 Å². The molecule has 0 heterocycles. The summed E-state index contributed by atoms with van der Waals surface area (Å²) >= 11 is 15.2. The van der Waals surface area contributed by atoms with E-state index in [0.29, 0.717) is 6.26 Å². The summed E-state index contributed by atoms with van der Waals surface area (Å²) in [6.07, 6.45) is 1.29. The zero-order valence-electron chi connectivity index (χ0n) is 4.14. The number of rotatable bonds is 1. The zero-order chi connectivity index (χ0) is 7.49. The van der Waals surface area contributed by atoms with Gasteiger partial charge in [0.2, 0.25) is 5.78 Å². The molecule has 9 heavy (non-hydrogen) atoms. The third kappa shape index (κ3) is 3.62. The van der Waals surface area contributed by atoms with Gasteiger partial charge in [0.05, 0.1) is 6.26 Å². The molecule has 0 unspecified atom stereocenters. The molecule has 1 N–H and O–H groups in total. The van der Waals surface area contributed by atoms with Crippen molar-refractivity contribution in [3.05, 3.63) is 12.3 Å². The van der Waals surface area contributed by atoms with Gasteiger partial charge >= 0.3 is 0 Å². The minimum Gasteiger partial charge on any atom is -0.515 e. The lowest BCUT2D eigenvalue weighted by Gasteiger charge is -2.02. The second-order valence-electron chi connectivity index (χ2n) is 1.18. The first-order valence-electron chi connectivity index (χ1n) is 1.90. The normalized spacial score (nSPS) is 12.3. The van der Waals surface area contributed by atoms with Crippen molar-refractivity contribution in [3.8, 4) is 0 Å². The van der Waals surface area contributed by atoms with Crippen molar-refractivity contribution in [2.75, 3.05) is 0 Å². The van der Waals surface area contributed by atoms with Crippen LogP contribution in [0.15, 0.2) is 12.3 Å². The summed E-state index contributed by atoms with van der Waals surface area (Å²) in [7, 11) is 0. The highest BCUT2D eigenvalue weighted by atomic mass is 35.6. The summed E-state index contributed by atoms with van der Waals surface area (Å²) in [5, 5.41) is 8.02. The predicted octanol–water partition coefficient (Wildman–Crippen LogP) is 2.00. The maximum absolute atomic E-state index is 10.4. The van der Waals surface area contributed by atoms with Crippen molar-refractivity contribution in [3.63, 3.8) is 0 Å². The molecule has 0 rings (SSSR count). The lowest BCUT2D eigenvalue weighted by Crippen LogP contribution is -2.15. The molecule has 5 heteroatoms. The monoisotopic (exact) mass is 188 g/mol. The van der Waals surface area contributed by atoms with E-state index in [4.69, 9.17) is 39.9 Å². The average molecular weight is 189 g/mol. The van der Waals surface area contributed by atoms with Gasteiger partial charge in [0.25, 0.3) is 3.79 Å². The lowest BCUT2D eigenvalue weighted by atomic mass is 10.4. The minimum atomic E-state index is -1.96. The fraction of sp³-hybridized carbons (Fsp3) is 0.250. The number of aliphatic hydroxyl groups is 1. The van der Waals surface area contributed by atoms with E-state index < -0.39 is 9.58 Å². The Labute approximate surface area is 67.0 Å². The van der Waals surface area contributed by atoms with Crippen LogP contribution in [0.25, 0.3) is 0 Å². The van der Waals surface area contributed by atoms with E-state index in [-0.39, 0.29) is 0 Å². The Morgan fingerprint density at radius 2 is 1.89 bits per heavy atom. The summed E-state index contributed by atoms with van der Waals surface area (Å²) in [5.74, 6) is -0.769. The predicted molar refractivity (Wildman–Crippen MR) is 37.1 cm³/mol. The van der Waals surface area contributed by atoms with Crippen molar-refractivity contribution < 1.29 is 9.90 Å². The van der Waals surface area contributed by atoms with Crippen molar-refractivity contribution >= 4 is 40.6 Å². The van der Waals surface area contributed by atoms with E-state index in [1.165, 1.54) is 0 Å². The number of alkyl halides is 3. The first kappa shape index (κ1) is 9.08. The highest BCUT2D eigenvalue weighted by Crippen LogP contribution is 2.27. The molecule has 52 valence electrons. The molecule has 0 saturated heterocycles. The Morgan fingerprint density at radius 1 is 1.44 bits per heavy atom. The van der Waals surface area contributed by atoms with Crippen LogP contribution in [0.4, 0.5) is 0 Å². The maximum Gasteiger partial charge on any atom is 0.252 e. The van der Waals surface area contributed by atoms with E-state index in [9.17, 15) is 4.79 Å². The van der Waals surface area contributed by atoms with Crippen LogP contribution in [0.5, 0.6) is 0 Å². The van der Waals surface area contributed by atoms with E-state index in [1.807, 2.05) is 0 Å². The molecular weight excluding hydrogens is 186 g/mol. The molecule has 2 nitrogen and oxygen atoms in total. The van der Waals surface area contributed by atoms with Crippen LogP contribution in [0.2, 0.25) is 0 Å². The number of halogens is 3. The molecule has 0 aromatic heterocycles. The number of carbonyl (C=O) groups excluding carboxylic acids is 1. The summed E-state index contributed by atoms with van der Waals surface area (Å²) in [5.41, 5.74) is 0. The largest absolute Gasteiger partial charge is 0.515 e. The quantitative estimate of drug-likeness (QED) is 0.389. The van der Waals surface area contributed by atoms with E-state index in [1.54, 1.807) is 0 Å². The fourth-order valence-corrected chi connectivity index (χ4v) is 0.351. The molecule has 0 fully saturated rings. The van der Waals surface area contributed by atoms with E-state index >= 15 is 0 Å². The first-order valence-corrected chi connectivity index (χ1v) is 3.04. The number of ketones is 1. The number of carbonyl (C=O) groups is 1. The Bertz CT molecular complexity index is 135. The van der Waals surface area contributed by atoms with Gasteiger partial charge < -0.3 is 5.11 Å². The van der Waals surface area contributed by atoms with E-state index in [2.05, 4.69) is 0 Å². The van der Waals surface area contributed by atoms with Gasteiger partial charge in [-0.2, -0.15) is 0 Å². The maximum atomic E-state index is 10.4. The van der Waals surface area contributed by atoms with Crippen LogP contribution < -0.4 is 0 Å². The standard InChI is InChI=1S/C4H3Cl3O2/c5-4(6,7)3(9)1-2-8/h1-2,8H. The van der Waals surface area contributed by atoms with Crippen molar-refractivity contribution in [1.82, 2.24) is 0 Å². The van der Waals surface area contributed by atoms with Crippen LogP contribution in [0.3, 0.4) is 0 Å². The van der Waals surface area contributed by atoms with Crippen molar-refractivity contribution in [2.24, 2.45) is 0 Å². The molecule has 0 bridgehead atoms. The Hall–Kier alpha value is 0.0800. The number of aliphatic hydroxyl groups excluding tert-OH is 1. The topological polar surface area (TPSA) is 37.3 Å². The van der Waals surface area contributed by atoms with Crippen LogP contribution in [0.1, 0.15) is 0 Å². The van der Waals surface area contributed by atoms with Gasteiger partial charge in [-0.3, -0.25) is 4.79 Å². The Morgan fingerprint density at radius 3 is 2.00 bits per heavy atom. The molecule has 0 aromatic carbocycles. The lowest BCUT2D eigenvalue weighted by molar-refractivity contribution is -0.113. The molecule has 0 aliphatic heterocycles. The van der Waals surface area contributed by atoms with Crippen LogP contribution in [-0.4, -0.2) is 14.7 Å². The van der Waals surface area contributed by atoms with Crippen molar-refractivity contribution in [1.29, 1.82) is 0 Å². The summed E-state index contributed by atoms with van der Waals surface area (Å²) in [6, 6.07) is 0. The third-order valence-electron chi connectivity index (χ3n) is 0.505. The summed E-state index contributed by atoms with van der Waals surface area (Å²) in [6.45, 7) is 0. The molecule has 0 atom stereocenters. The smallest absolute Gasteiger partial charge is 0.252 e. The highest BCUT2D eigenvalue weighted by molar-refractivity contribution is 6.77. The summed E-state index contributed by atoms with van der Waals surface area (Å²) < 4.78 is -1.96. The van der Waals surface area contributed by atoms with Gasteiger partial charge in [-0.1, -0.05) is 34.8 Å². The van der Waals surface area contributed by atoms with Gasteiger partial charge in [0.1, 0.15) is 0 Å². The second-order valence-corrected chi connectivity index (χ2v) is 3.46. The van der Waals surface area contributed by atoms with Crippen LogP contribution in [0, 0.1) is 0 Å². The second kappa shape index (κ2) is 3.30. The van der Waals surface area contributed by atoms with Gasteiger partial charge in [-0.05, 0) is 0 Å². The Kier molecular flexibility index (Phi) is 3.33. The average Bonchev–Trinajstić information content (AvgIpc) is 1.64. The minimum absolute atomic E-state index is 0.518. The van der Waals surface area contributed by atoms with E-state index in [0.717, 1.165) is 6.08 Å². The van der Waals surface area contributed by atoms with Crippen LogP contribution in [-0.2, 0) is 4.79 Å². The Balaban J connectivity index is 4.06. The third-order valence-corrected chi connectivity index (χ3v) is 1.06. The SMILES string of the molecule is O=C(C=CO)C(Cl)(Cl)Cl. The van der Waals surface area contributed by atoms with Crippen molar-refractivity contribution in [2.45, 2.75) is 3.79 Å².